The van der Waals surface area contributed by atoms with Crippen LogP contribution in [-0.2, 0) is 10.0 Å². The van der Waals surface area contributed by atoms with Gasteiger partial charge in [-0.15, -0.1) is 0 Å². The summed E-state index contributed by atoms with van der Waals surface area (Å²) in [5.74, 6) is -1.30. The molecule has 0 radical (unpaired) electrons. The van der Waals surface area contributed by atoms with E-state index >= 15 is 0 Å². The van der Waals surface area contributed by atoms with Crippen LogP contribution in [0.2, 0.25) is 0 Å². The summed E-state index contributed by atoms with van der Waals surface area (Å²) in [5.41, 5.74) is -0.228. The van der Waals surface area contributed by atoms with Crippen molar-refractivity contribution in [2.75, 3.05) is 14.1 Å². The Balaban J connectivity index is 2.30. The SMILES string of the molecule is CC(O)c1cc2c(o1)C(=O)c1cccc(S(=O)(=O)N(C)C)c1C2=O. The number of carbonyl (C=O) groups excluding carboxylic acids is 2. The number of sulfonamides is 1. The molecule has 1 atom stereocenters. The Morgan fingerprint density at radius 2 is 1.79 bits per heavy atom. The van der Waals surface area contributed by atoms with E-state index < -0.39 is 27.7 Å². The minimum absolute atomic E-state index is 0.0260. The van der Waals surface area contributed by atoms with E-state index in [1.807, 2.05) is 0 Å². The zero-order chi connectivity index (χ0) is 17.8. The predicted octanol–water partition coefficient (Wildman–Crippen LogP) is 1.36. The van der Waals surface area contributed by atoms with E-state index in [0.29, 0.717) is 0 Å². The Morgan fingerprint density at radius 3 is 2.38 bits per heavy atom. The van der Waals surface area contributed by atoms with Gasteiger partial charge in [0.2, 0.25) is 15.8 Å². The first-order valence-electron chi connectivity index (χ1n) is 7.13. The van der Waals surface area contributed by atoms with Gasteiger partial charge in [-0.05, 0) is 19.1 Å². The molecule has 1 aromatic carbocycles. The van der Waals surface area contributed by atoms with E-state index in [1.165, 1.54) is 45.3 Å². The average molecular weight is 349 g/mol. The topological polar surface area (TPSA) is 105 Å². The van der Waals surface area contributed by atoms with Crippen LogP contribution in [0.15, 0.2) is 33.6 Å². The minimum atomic E-state index is -3.91. The summed E-state index contributed by atoms with van der Waals surface area (Å²) in [6, 6.07) is 5.36. The molecule has 0 spiro atoms. The highest BCUT2D eigenvalue weighted by Gasteiger charge is 2.38. The van der Waals surface area contributed by atoms with Gasteiger partial charge in [0.05, 0.1) is 16.0 Å². The van der Waals surface area contributed by atoms with Crippen molar-refractivity contribution in [1.29, 1.82) is 0 Å². The van der Waals surface area contributed by atoms with Crippen molar-refractivity contribution in [3.8, 4) is 0 Å². The second kappa shape index (κ2) is 5.37. The van der Waals surface area contributed by atoms with Gasteiger partial charge in [-0.1, -0.05) is 12.1 Å². The second-order valence-electron chi connectivity index (χ2n) is 5.69. The maximum atomic E-state index is 12.8. The summed E-state index contributed by atoms with van der Waals surface area (Å²) in [4.78, 5) is 25.2. The molecular formula is C16H15NO6S. The average Bonchev–Trinajstić information content (AvgIpc) is 2.97. The van der Waals surface area contributed by atoms with Gasteiger partial charge in [0.1, 0.15) is 11.9 Å². The van der Waals surface area contributed by atoms with Crippen molar-refractivity contribution >= 4 is 21.6 Å². The third-order valence-electron chi connectivity index (χ3n) is 3.87. The molecule has 126 valence electrons. The standard InChI is InChI=1S/C16H15NO6S/c1-8(18)11-7-10-14(19)13-9(15(20)16(10)23-11)5-4-6-12(13)24(21,22)17(2)3/h4-8,18H,1-3H3. The smallest absolute Gasteiger partial charge is 0.243 e. The van der Waals surface area contributed by atoms with Gasteiger partial charge in [-0.3, -0.25) is 9.59 Å². The number of carbonyl (C=O) groups is 2. The summed E-state index contributed by atoms with van der Waals surface area (Å²) in [6.45, 7) is 1.44. The van der Waals surface area contributed by atoms with Crippen LogP contribution in [0.3, 0.4) is 0 Å². The van der Waals surface area contributed by atoms with Crippen molar-refractivity contribution < 1.29 is 27.5 Å². The summed E-state index contributed by atoms with van der Waals surface area (Å²) >= 11 is 0. The fourth-order valence-corrected chi connectivity index (χ4v) is 3.68. The molecule has 0 fully saturated rings. The molecule has 0 aliphatic heterocycles. The van der Waals surface area contributed by atoms with Crippen LogP contribution in [0, 0.1) is 0 Å². The molecule has 1 aromatic heterocycles. The summed E-state index contributed by atoms with van der Waals surface area (Å²) < 4.78 is 31.2. The molecule has 0 saturated heterocycles. The lowest BCUT2D eigenvalue weighted by atomic mass is 9.88. The summed E-state index contributed by atoms with van der Waals surface area (Å²) in [6.07, 6.45) is -0.996. The zero-order valence-corrected chi connectivity index (χ0v) is 14.0. The van der Waals surface area contributed by atoms with Crippen molar-refractivity contribution in [1.82, 2.24) is 4.31 Å². The van der Waals surface area contributed by atoms with Crippen LogP contribution in [0.4, 0.5) is 0 Å². The van der Waals surface area contributed by atoms with E-state index in [0.717, 1.165) is 4.31 Å². The molecule has 8 heteroatoms. The first-order chi connectivity index (χ1) is 11.2. The van der Waals surface area contributed by atoms with Gasteiger partial charge in [0.25, 0.3) is 0 Å². The second-order valence-corrected chi connectivity index (χ2v) is 7.81. The predicted molar refractivity (Wildman–Crippen MR) is 83.5 cm³/mol. The van der Waals surface area contributed by atoms with E-state index in [4.69, 9.17) is 4.42 Å². The van der Waals surface area contributed by atoms with E-state index in [1.54, 1.807) is 0 Å². The Labute approximate surface area is 138 Å². The van der Waals surface area contributed by atoms with Gasteiger partial charge in [0.15, 0.2) is 11.5 Å². The maximum Gasteiger partial charge on any atom is 0.243 e. The largest absolute Gasteiger partial charge is 0.454 e. The molecule has 1 aliphatic rings. The Hall–Kier alpha value is -2.29. The molecule has 1 aliphatic carbocycles. The summed E-state index contributed by atoms with van der Waals surface area (Å²) in [7, 11) is -1.21. The fraction of sp³-hybridized carbons (Fsp3) is 0.250. The monoisotopic (exact) mass is 349 g/mol. The van der Waals surface area contributed by atoms with Crippen LogP contribution < -0.4 is 0 Å². The molecule has 1 N–H and O–H groups in total. The number of hydrogen-bond donors (Lipinski definition) is 1. The number of hydrogen-bond acceptors (Lipinski definition) is 6. The lowest BCUT2D eigenvalue weighted by Crippen LogP contribution is -2.28. The van der Waals surface area contributed by atoms with Crippen molar-refractivity contribution in [2.24, 2.45) is 0 Å². The number of fused-ring (bicyclic) bond motifs is 2. The molecule has 7 nitrogen and oxygen atoms in total. The normalized spacial score (nSPS) is 15.4. The zero-order valence-electron chi connectivity index (χ0n) is 13.2. The van der Waals surface area contributed by atoms with Crippen molar-refractivity contribution in [3.63, 3.8) is 0 Å². The van der Waals surface area contributed by atoms with Crippen LogP contribution in [0.25, 0.3) is 0 Å². The number of rotatable bonds is 3. The third-order valence-corrected chi connectivity index (χ3v) is 5.73. The molecule has 0 amide bonds. The Kier molecular flexibility index (Phi) is 3.71. The van der Waals surface area contributed by atoms with Gasteiger partial charge < -0.3 is 9.52 Å². The van der Waals surface area contributed by atoms with E-state index in [9.17, 15) is 23.1 Å². The number of ketones is 2. The highest BCUT2D eigenvalue weighted by molar-refractivity contribution is 7.89. The molecule has 2 aromatic rings. The molecule has 24 heavy (non-hydrogen) atoms. The summed E-state index contributed by atoms with van der Waals surface area (Å²) in [5, 5.41) is 9.60. The maximum absolute atomic E-state index is 12.8. The Bertz CT molecular complexity index is 968. The molecule has 0 bridgehead atoms. The molecule has 1 heterocycles. The third kappa shape index (κ3) is 2.22. The van der Waals surface area contributed by atoms with Crippen LogP contribution >= 0.6 is 0 Å². The first kappa shape index (κ1) is 16.6. The van der Waals surface area contributed by atoms with Crippen LogP contribution in [-0.4, -0.2) is 43.5 Å². The molecule has 3 rings (SSSR count). The highest BCUT2D eigenvalue weighted by atomic mass is 32.2. The fourth-order valence-electron chi connectivity index (χ4n) is 2.58. The van der Waals surface area contributed by atoms with Crippen LogP contribution in [0.1, 0.15) is 50.8 Å². The number of aliphatic hydroxyl groups is 1. The van der Waals surface area contributed by atoms with Gasteiger partial charge in [-0.25, -0.2) is 12.7 Å². The van der Waals surface area contributed by atoms with Gasteiger partial charge in [-0.2, -0.15) is 0 Å². The van der Waals surface area contributed by atoms with Crippen molar-refractivity contribution in [2.45, 2.75) is 17.9 Å². The number of benzene rings is 1. The molecule has 1 unspecified atom stereocenters. The molecule has 0 saturated carbocycles. The highest BCUT2D eigenvalue weighted by Crippen LogP contribution is 2.35. The number of nitrogens with zero attached hydrogens (tertiary/aromatic N) is 1. The minimum Gasteiger partial charge on any atom is -0.454 e. The molecular weight excluding hydrogens is 334 g/mol. The van der Waals surface area contributed by atoms with Gasteiger partial charge >= 0.3 is 0 Å². The quantitative estimate of drug-likeness (QED) is 0.765. The van der Waals surface area contributed by atoms with E-state index in [2.05, 4.69) is 0 Å². The lowest BCUT2D eigenvalue weighted by Gasteiger charge is -2.19. The van der Waals surface area contributed by atoms with Crippen molar-refractivity contribution in [3.05, 3.63) is 52.5 Å². The lowest BCUT2D eigenvalue weighted by molar-refractivity contribution is 0.0951. The van der Waals surface area contributed by atoms with Gasteiger partial charge in [0, 0.05) is 19.7 Å². The Morgan fingerprint density at radius 1 is 1.12 bits per heavy atom. The first-order valence-corrected chi connectivity index (χ1v) is 8.57. The number of furan rings is 1. The number of aliphatic hydroxyl groups excluding tert-OH is 1. The van der Waals surface area contributed by atoms with E-state index in [-0.39, 0.29) is 33.1 Å². The van der Waals surface area contributed by atoms with Crippen LogP contribution in [0.5, 0.6) is 0 Å².